The number of carbonyl (C=O) groups excluding carboxylic acids is 1. The van der Waals surface area contributed by atoms with Crippen molar-refractivity contribution in [3.05, 3.63) is 35.6 Å². The van der Waals surface area contributed by atoms with Gasteiger partial charge in [0.1, 0.15) is 12.4 Å². The fraction of sp³-hybridized carbons (Fsp3) is 0.429. The Kier molecular flexibility index (Phi) is 5.48. The van der Waals surface area contributed by atoms with Gasteiger partial charge in [0.25, 0.3) is 0 Å². The van der Waals surface area contributed by atoms with E-state index in [0.717, 1.165) is 0 Å². The second-order valence-electron chi connectivity index (χ2n) is 4.43. The van der Waals surface area contributed by atoms with Crippen LogP contribution in [-0.2, 0) is 9.59 Å². The fourth-order valence-corrected chi connectivity index (χ4v) is 1.92. The highest BCUT2D eigenvalue weighted by Gasteiger charge is 2.19. The van der Waals surface area contributed by atoms with Crippen molar-refractivity contribution in [2.45, 2.75) is 26.2 Å². The minimum atomic E-state index is -1.05. The Balaban J connectivity index is 2.70. The summed E-state index contributed by atoms with van der Waals surface area (Å²) >= 11 is 0. The fourth-order valence-electron chi connectivity index (χ4n) is 1.92. The van der Waals surface area contributed by atoms with Crippen LogP contribution in [0.5, 0.6) is 0 Å². The van der Waals surface area contributed by atoms with Crippen LogP contribution < -0.4 is 0 Å². The van der Waals surface area contributed by atoms with E-state index in [0.29, 0.717) is 12.1 Å². The summed E-state index contributed by atoms with van der Waals surface area (Å²) < 4.78 is 13.6. The Hall–Kier alpha value is -1.91. The molecule has 0 aromatic heterocycles. The third-order valence-electron chi connectivity index (χ3n) is 2.98. The average molecular weight is 267 g/mol. The van der Waals surface area contributed by atoms with E-state index >= 15 is 0 Å². The van der Waals surface area contributed by atoms with Crippen molar-refractivity contribution >= 4 is 11.9 Å². The van der Waals surface area contributed by atoms with Gasteiger partial charge in [-0.25, -0.2) is 4.39 Å². The number of halogens is 1. The number of aliphatic carboxylic acids is 1. The zero-order valence-electron chi connectivity index (χ0n) is 11.1. The Bertz CT molecular complexity index is 462. The van der Waals surface area contributed by atoms with Crippen molar-refractivity contribution < 1.29 is 19.1 Å². The van der Waals surface area contributed by atoms with E-state index in [-0.39, 0.29) is 30.6 Å². The molecule has 0 spiro atoms. The first-order valence-electron chi connectivity index (χ1n) is 6.19. The van der Waals surface area contributed by atoms with Crippen LogP contribution in [0.2, 0.25) is 0 Å². The molecule has 1 N–H and O–H groups in total. The van der Waals surface area contributed by atoms with E-state index in [1.165, 1.54) is 11.0 Å². The summed E-state index contributed by atoms with van der Waals surface area (Å²) in [6, 6.07) is 6.30. The Morgan fingerprint density at radius 3 is 2.53 bits per heavy atom. The summed E-state index contributed by atoms with van der Waals surface area (Å²) in [6.07, 6.45) is 0.0993. The van der Waals surface area contributed by atoms with Crippen LogP contribution in [-0.4, -0.2) is 35.0 Å². The van der Waals surface area contributed by atoms with E-state index < -0.39 is 5.97 Å². The van der Waals surface area contributed by atoms with E-state index in [1.807, 2.05) is 0 Å². The highest BCUT2D eigenvalue weighted by atomic mass is 19.1. The molecule has 4 nitrogen and oxygen atoms in total. The minimum absolute atomic E-state index is 0.0993. The molecule has 5 heteroatoms. The lowest BCUT2D eigenvalue weighted by Crippen LogP contribution is -2.36. The lowest BCUT2D eigenvalue weighted by molar-refractivity contribution is -0.144. The molecule has 0 aliphatic heterocycles. The van der Waals surface area contributed by atoms with Crippen molar-refractivity contribution in [1.29, 1.82) is 0 Å². The predicted molar refractivity (Wildman–Crippen MR) is 69.3 cm³/mol. The van der Waals surface area contributed by atoms with Gasteiger partial charge in [-0.1, -0.05) is 25.1 Å². The van der Waals surface area contributed by atoms with Gasteiger partial charge in [-0.3, -0.25) is 9.59 Å². The van der Waals surface area contributed by atoms with Gasteiger partial charge in [0.2, 0.25) is 5.91 Å². The molecule has 0 heterocycles. The quantitative estimate of drug-likeness (QED) is 0.860. The molecule has 19 heavy (non-hydrogen) atoms. The smallest absolute Gasteiger partial charge is 0.323 e. The van der Waals surface area contributed by atoms with Gasteiger partial charge in [0.15, 0.2) is 0 Å². The summed E-state index contributed by atoms with van der Waals surface area (Å²) in [7, 11) is 0. The minimum Gasteiger partial charge on any atom is -0.480 e. The lowest BCUT2D eigenvalue weighted by Gasteiger charge is -2.21. The Morgan fingerprint density at radius 2 is 2.00 bits per heavy atom. The molecule has 1 rings (SSSR count). The Morgan fingerprint density at radius 1 is 1.37 bits per heavy atom. The van der Waals surface area contributed by atoms with Crippen molar-refractivity contribution in [3.8, 4) is 0 Å². The first-order chi connectivity index (χ1) is 8.95. The SMILES string of the molecule is CCN(CC(=O)O)C(=O)CC(C)c1ccccc1F. The zero-order valence-corrected chi connectivity index (χ0v) is 11.1. The van der Waals surface area contributed by atoms with Crippen LogP contribution in [0.4, 0.5) is 4.39 Å². The van der Waals surface area contributed by atoms with Crippen LogP contribution >= 0.6 is 0 Å². The highest BCUT2D eigenvalue weighted by Crippen LogP contribution is 2.22. The number of hydrogen-bond donors (Lipinski definition) is 1. The molecule has 0 saturated carbocycles. The lowest BCUT2D eigenvalue weighted by atomic mass is 9.96. The number of rotatable bonds is 6. The number of hydrogen-bond acceptors (Lipinski definition) is 2. The van der Waals surface area contributed by atoms with Crippen LogP contribution in [0.25, 0.3) is 0 Å². The van der Waals surface area contributed by atoms with Gasteiger partial charge in [-0.15, -0.1) is 0 Å². The van der Waals surface area contributed by atoms with Crippen LogP contribution in [0.1, 0.15) is 31.7 Å². The van der Waals surface area contributed by atoms with E-state index in [9.17, 15) is 14.0 Å². The van der Waals surface area contributed by atoms with Crippen LogP contribution in [0.15, 0.2) is 24.3 Å². The number of amides is 1. The van der Waals surface area contributed by atoms with Gasteiger partial charge in [-0.2, -0.15) is 0 Å². The average Bonchev–Trinajstić information content (AvgIpc) is 2.35. The number of carboxylic acids is 1. The molecule has 0 bridgehead atoms. The summed E-state index contributed by atoms with van der Waals surface area (Å²) in [5.74, 6) is -1.95. The summed E-state index contributed by atoms with van der Waals surface area (Å²) in [5, 5.41) is 8.71. The van der Waals surface area contributed by atoms with Crippen molar-refractivity contribution in [3.63, 3.8) is 0 Å². The second-order valence-corrected chi connectivity index (χ2v) is 4.43. The first kappa shape index (κ1) is 15.1. The summed E-state index contributed by atoms with van der Waals surface area (Å²) in [6.45, 7) is 3.48. The van der Waals surface area contributed by atoms with Crippen molar-refractivity contribution in [2.24, 2.45) is 0 Å². The first-order valence-corrected chi connectivity index (χ1v) is 6.19. The highest BCUT2D eigenvalue weighted by molar-refractivity contribution is 5.81. The third kappa shape index (κ3) is 4.35. The molecule has 0 aliphatic rings. The molecule has 0 fully saturated rings. The molecular weight excluding hydrogens is 249 g/mol. The van der Waals surface area contributed by atoms with E-state index in [1.54, 1.807) is 32.0 Å². The number of carboxylic acid groups (broad SMARTS) is 1. The van der Waals surface area contributed by atoms with Gasteiger partial charge in [0, 0.05) is 13.0 Å². The van der Waals surface area contributed by atoms with Crippen LogP contribution in [0.3, 0.4) is 0 Å². The molecule has 1 atom stereocenters. The molecule has 1 aromatic rings. The monoisotopic (exact) mass is 267 g/mol. The summed E-state index contributed by atoms with van der Waals surface area (Å²) in [4.78, 5) is 23.8. The van der Waals surface area contributed by atoms with Gasteiger partial charge in [0.05, 0.1) is 0 Å². The normalized spacial score (nSPS) is 11.9. The maximum absolute atomic E-state index is 13.6. The standard InChI is InChI=1S/C14H18FNO3/c1-3-16(9-14(18)19)13(17)8-10(2)11-6-4-5-7-12(11)15/h4-7,10H,3,8-9H2,1-2H3,(H,18,19). The molecule has 1 aromatic carbocycles. The van der Waals surface area contributed by atoms with Gasteiger partial charge >= 0.3 is 5.97 Å². The Labute approximate surface area is 111 Å². The van der Waals surface area contributed by atoms with Crippen LogP contribution in [0, 0.1) is 5.82 Å². The molecule has 1 amide bonds. The summed E-state index contributed by atoms with van der Waals surface area (Å²) in [5.41, 5.74) is 0.474. The maximum Gasteiger partial charge on any atom is 0.323 e. The largest absolute Gasteiger partial charge is 0.480 e. The van der Waals surface area contributed by atoms with Gasteiger partial charge in [-0.05, 0) is 24.5 Å². The van der Waals surface area contributed by atoms with Crippen molar-refractivity contribution in [2.75, 3.05) is 13.1 Å². The van der Waals surface area contributed by atoms with Gasteiger partial charge < -0.3 is 10.0 Å². The van der Waals surface area contributed by atoms with E-state index in [4.69, 9.17) is 5.11 Å². The molecular formula is C14H18FNO3. The van der Waals surface area contributed by atoms with E-state index in [2.05, 4.69) is 0 Å². The molecule has 0 saturated heterocycles. The number of nitrogens with zero attached hydrogens (tertiary/aromatic N) is 1. The maximum atomic E-state index is 13.6. The number of carbonyl (C=O) groups is 2. The second kappa shape index (κ2) is 6.87. The molecule has 1 unspecified atom stereocenters. The topological polar surface area (TPSA) is 57.6 Å². The van der Waals surface area contributed by atoms with Crippen molar-refractivity contribution in [1.82, 2.24) is 4.90 Å². The predicted octanol–water partition coefficient (Wildman–Crippen LogP) is 2.25. The zero-order chi connectivity index (χ0) is 14.4. The number of benzene rings is 1. The molecule has 104 valence electrons. The molecule has 0 aliphatic carbocycles. The molecule has 0 radical (unpaired) electrons. The third-order valence-corrected chi connectivity index (χ3v) is 2.98. The number of likely N-dealkylation sites (N-methyl/N-ethyl adjacent to an activating group) is 1.